The van der Waals surface area contributed by atoms with Gasteiger partial charge in [-0.15, -0.1) is 5.10 Å². The summed E-state index contributed by atoms with van der Waals surface area (Å²) in [5.74, 6) is 1.08. The number of nitriles is 1. The first-order valence-electron chi connectivity index (χ1n) is 5.74. The molecule has 0 spiro atoms. The quantitative estimate of drug-likeness (QED) is 0.825. The van der Waals surface area contributed by atoms with Crippen molar-refractivity contribution in [1.82, 2.24) is 10.2 Å². The number of nitrogens with two attached hydrogens (primary N) is 1. The van der Waals surface area contributed by atoms with Gasteiger partial charge in [0.15, 0.2) is 5.82 Å². The lowest BCUT2D eigenvalue weighted by molar-refractivity contribution is 0.465. The molecule has 0 aromatic carbocycles. The summed E-state index contributed by atoms with van der Waals surface area (Å²) in [6.07, 6.45) is 2.39. The Kier molecular flexibility index (Phi) is 4.85. The van der Waals surface area contributed by atoms with Gasteiger partial charge >= 0.3 is 0 Å². The van der Waals surface area contributed by atoms with Crippen LogP contribution in [0.1, 0.15) is 25.8 Å². The summed E-state index contributed by atoms with van der Waals surface area (Å²) in [4.78, 5) is 1.92. The van der Waals surface area contributed by atoms with Crippen molar-refractivity contribution in [2.75, 3.05) is 18.5 Å². The molecular formula is C12H19N5. The van der Waals surface area contributed by atoms with Crippen molar-refractivity contribution in [2.24, 2.45) is 11.7 Å². The molecule has 1 unspecified atom stereocenters. The van der Waals surface area contributed by atoms with E-state index in [1.807, 2.05) is 11.9 Å². The van der Waals surface area contributed by atoms with E-state index in [1.165, 1.54) is 6.20 Å². The summed E-state index contributed by atoms with van der Waals surface area (Å²) in [6, 6.07) is 3.95. The summed E-state index contributed by atoms with van der Waals surface area (Å²) < 4.78 is 0. The van der Waals surface area contributed by atoms with E-state index < -0.39 is 0 Å². The van der Waals surface area contributed by atoms with Crippen LogP contribution in [-0.2, 0) is 0 Å². The van der Waals surface area contributed by atoms with E-state index in [0.717, 1.165) is 13.0 Å². The molecule has 2 N–H and O–H groups in total. The molecule has 0 saturated carbocycles. The second-order valence-electron chi connectivity index (χ2n) is 4.50. The SMILES string of the molecule is CC(C)C(N)CCN(C)c1nnccc1C#N. The van der Waals surface area contributed by atoms with Gasteiger partial charge in [-0.1, -0.05) is 13.8 Å². The summed E-state index contributed by atoms with van der Waals surface area (Å²) in [6.45, 7) is 4.98. The van der Waals surface area contributed by atoms with Gasteiger partial charge in [-0.25, -0.2) is 0 Å². The molecule has 1 rings (SSSR count). The Bertz CT molecular complexity index is 396. The first-order chi connectivity index (χ1) is 8.06. The molecule has 17 heavy (non-hydrogen) atoms. The second-order valence-corrected chi connectivity index (χ2v) is 4.50. The van der Waals surface area contributed by atoms with Crippen molar-refractivity contribution >= 4 is 5.82 Å². The van der Waals surface area contributed by atoms with Gasteiger partial charge in [-0.3, -0.25) is 0 Å². The first kappa shape index (κ1) is 13.4. The van der Waals surface area contributed by atoms with Crippen LogP contribution in [0.25, 0.3) is 0 Å². The van der Waals surface area contributed by atoms with Gasteiger partial charge in [0.1, 0.15) is 6.07 Å². The first-order valence-corrected chi connectivity index (χ1v) is 5.74. The maximum atomic E-state index is 8.96. The Labute approximate surface area is 102 Å². The van der Waals surface area contributed by atoms with E-state index in [0.29, 0.717) is 17.3 Å². The van der Waals surface area contributed by atoms with Gasteiger partial charge in [-0.2, -0.15) is 10.4 Å². The Morgan fingerprint density at radius 3 is 2.82 bits per heavy atom. The van der Waals surface area contributed by atoms with Gasteiger partial charge in [0.05, 0.1) is 11.8 Å². The van der Waals surface area contributed by atoms with E-state index in [1.54, 1.807) is 6.07 Å². The van der Waals surface area contributed by atoms with E-state index >= 15 is 0 Å². The Morgan fingerprint density at radius 2 is 2.24 bits per heavy atom. The fourth-order valence-electron chi connectivity index (χ4n) is 1.48. The van der Waals surface area contributed by atoms with Crippen LogP contribution in [-0.4, -0.2) is 29.8 Å². The van der Waals surface area contributed by atoms with Crippen molar-refractivity contribution < 1.29 is 0 Å². The average molecular weight is 233 g/mol. The lowest BCUT2D eigenvalue weighted by Crippen LogP contribution is -2.32. The fourth-order valence-corrected chi connectivity index (χ4v) is 1.48. The molecule has 0 aliphatic carbocycles. The predicted octanol–water partition coefficient (Wildman–Crippen LogP) is 1.16. The van der Waals surface area contributed by atoms with E-state index in [2.05, 4.69) is 30.1 Å². The van der Waals surface area contributed by atoms with Crippen LogP contribution in [0, 0.1) is 17.2 Å². The van der Waals surface area contributed by atoms with Crippen molar-refractivity contribution in [3.05, 3.63) is 17.8 Å². The average Bonchev–Trinajstić information content (AvgIpc) is 2.35. The fraction of sp³-hybridized carbons (Fsp3) is 0.583. The lowest BCUT2D eigenvalue weighted by atomic mass is 10.0. The zero-order chi connectivity index (χ0) is 12.8. The summed E-state index contributed by atoms with van der Waals surface area (Å²) in [5.41, 5.74) is 6.53. The van der Waals surface area contributed by atoms with Crippen LogP contribution >= 0.6 is 0 Å². The molecule has 1 atom stereocenters. The molecule has 1 aromatic heterocycles. The number of rotatable bonds is 5. The molecule has 0 amide bonds. The maximum Gasteiger partial charge on any atom is 0.168 e. The summed E-state index contributed by atoms with van der Waals surface area (Å²) in [7, 11) is 1.90. The number of anilines is 1. The van der Waals surface area contributed by atoms with Crippen LogP contribution in [0.2, 0.25) is 0 Å². The third-order valence-corrected chi connectivity index (χ3v) is 2.84. The van der Waals surface area contributed by atoms with Crippen LogP contribution in [0.15, 0.2) is 12.3 Å². The highest BCUT2D eigenvalue weighted by molar-refractivity contribution is 5.51. The zero-order valence-corrected chi connectivity index (χ0v) is 10.6. The monoisotopic (exact) mass is 233 g/mol. The lowest BCUT2D eigenvalue weighted by Gasteiger charge is -2.22. The third-order valence-electron chi connectivity index (χ3n) is 2.84. The maximum absolute atomic E-state index is 8.96. The van der Waals surface area contributed by atoms with E-state index in [4.69, 9.17) is 11.0 Å². The Hall–Kier alpha value is -1.67. The van der Waals surface area contributed by atoms with Crippen LogP contribution in [0.5, 0.6) is 0 Å². The van der Waals surface area contributed by atoms with Crippen molar-refractivity contribution in [3.8, 4) is 6.07 Å². The van der Waals surface area contributed by atoms with Gasteiger partial charge in [0, 0.05) is 19.6 Å². The molecule has 0 radical (unpaired) electrons. The van der Waals surface area contributed by atoms with Crippen LogP contribution in [0.4, 0.5) is 5.82 Å². The molecule has 5 heteroatoms. The molecule has 1 heterocycles. The minimum Gasteiger partial charge on any atom is -0.357 e. The molecule has 0 bridgehead atoms. The normalized spacial score (nSPS) is 12.2. The van der Waals surface area contributed by atoms with E-state index in [-0.39, 0.29) is 6.04 Å². The number of hydrogen-bond acceptors (Lipinski definition) is 5. The predicted molar refractivity (Wildman–Crippen MR) is 67.4 cm³/mol. The Morgan fingerprint density at radius 1 is 1.53 bits per heavy atom. The van der Waals surface area contributed by atoms with Gasteiger partial charge in [-0.05, 0) is 18.4 Å². The minimum atomic E-state index is 0.166. The zero-order valence-electron chi connectivity index (χ0n) is 10.6. The van der Waals surface area contributed by atoms with Gasteiger partial charge in [0.2, 0.25) is 0 Å². The molecule has 92 valence electrons. The summed E-state index contributed by atoms with van der Waals surface area (Å²) >= 11 is 0. The number of hydrogen-bond donors (Lipinski definition) is 1. The number of nitrogens with zero attached hydrogens (tertiary/aromatic N) is 4. The molecule has 0 fully saturated rings. The molecule has 1 aromatic rings. The molecule has 5 nitrogen and oxygen atoms in total. The van der Waals surface area contributed by atoms with Crippen molar-refractivity contribution in [1.29, 1.82) is 5.26 Å². The largest absolute Gasteiger partial charge is 0.357 e. The molecule has 0 aliphatic heterocycles. The smallest absolute Gasteiger partial charge is 0.168 e. The van der Waals surface area contributed by atoms with Gasteiger partial charge in [0.25, 0.3) is 0 Å². The van der Waals surface area contributed by atoms with E-state index in [9.17, 15) is 0 Å². The topological polar surface area (TPSA) is 78.8 Å². The molecule has 0 saturated heterocycles. The minimum absolute atomic E-state index is 0.166. The Balaban J connectivity index is 2.64. The number of aromatic nitrogens is 2. The highest BCUT2D eigenvalue weighted by Crippen LogP contribution is 2.14. The van der Waals surface area contributed by atoms with Crippen LogP contribution < -0.4 is 10.6 Å². The highest BCUT2D eigenvalue weighted by Gasteiger charge is 2.12. The van der Waals surface area contributed by atoms with Crippen LogP contribution in [0.3, 0.4) is 0 Å². The van der Waals surface area contributed by atoms with Crippen molar-refractivity contribution in [3.63, 3.8) is 0 Å². The van der Waals surface area contributed by atoms with Crippen molar-refractivity contribution in [2.45, 2.75) is 26.3 Å². The standard InChI is InChI=1S/C12H19N5/c1-9(2)11(14)5-7-17(3)12-10(8-13)4-6-15-16-12/h4,6,9,11H,5,7,14H2,1-3H3. The van der Waals surface area contributed by atoms with Gasteiger partial charge < -0.3 is 10.6 Å². The summed E-state index contributed by atoms with van der Waals surface area (Å²) in [5, 5.41) is 16.8. The highest BCUT2D eigenvalue weighted by atomic mass is 15.2. The molecule has 0 aliphatic rings. The third kappa shape index (κ3) is 3.68. The molecular weight excluding hydrogens is 214 g/mol. The second kappa shape index (κ2) is 6.16.